The molecule has 0 amide bonds. The van der Waals surface area contributed by atoms with E-state index in [1.807, 2.05) is 31.2 Å². The number of benzene rings is 1. The maximum absolute atomic E-state index is 5.78. The van der Waals surface area contributed by atoms with Crippen LogP contribution in [-0.2, 0) is 6.54 Å². The lowest BCUT2D eigenvalue weighted by atomic mass is 10.1. The van der Waals surface area contributed by atoms with Gasteiger partial charge in [-0.1, -0.05) is 26.0 Å². The Kier molecular flexibility index (Phi) is 5.18. The summed E-state index contributed by atoms with van der Waals surface area (Å²) in [5.74, 6) is 2.89. The van der Waals surface area contributed by atoms with Crippen LogP contribution in [0.15, 0.2) is 34.9 Å². The number of para-hydroxylation sites is 1. The first-order chi connectivity index (χ1) is 9.70. The number of hydrogen-bond acceptors (Lipinski definition) is 4. The molecule has 0 fully saturated rings. The fourth-order valence-corrected chi connectivity index (χ4v) is 1.94. The van der Waals surface area contributed by atoms with E-state index < -0.39 is 0 Å². The molecule has 1 heterocycles. The van der Waals surface area contributed by atoms with Crippen molar-refractivity contribution >= 4 is 0 Å². The molecule has 20 heavy (non-hydrogen) atoms. The lowest BCUT2D eigenvalue weighted by molar-refractivity contribution is 0.340. The maximum atomic E-state index is 5.78. The van der Waals surface area contributed by atoms with Crippen LogP contribution in [0.1, 0.15) is 26.7 Å². The molecule has 1 aromatic heterocycles. The standard InChI is InChI=1S/C16H22N2O2/c1-4-19-14-8-6-5-7-13(14)15-10-18-16(20-15)11-17-9-12(2)3/h5-8,10,12,17H,4,9,11H2,1-3H3. The normalized spacial score (nSPS) is 11.0. The zero-order chi connectivity index (χ0) is 14.4. The van der Waals surface area contributed by atoms with Crippen LogP contribution in [0.25, 0.3) is 11.3 Å². The Bertz CT molecular complexity index is 535. The van der Waals surface area contributed by atoms with Gasteiger partial charge < -0.3 is 14.5 Å². The van der Waals surface area contributed by atoms with Crippen molar-refractivity contribution in [2.24, 2.45) is 5.92 Å². The summed E-state index contributed by atoms with van der Waals surface area (Å²) < 4.78 is 11.4. The summed E-state index contributed by atoms with van der Waals surface area (Å²) in [6.45, 7) is 8.55. The van der Waals surface area contributed by atoms with E-state index in [0.717, 1.165) is 23.6 Å². The quantitative estimate of drug-likeness (QED) is 0.839. The van der Waals surface area contributed by atoms with E-state index in [4.69, 9.17) is 9.15 Å². The summed E-state index contributed by atoms with van der Waals surface area (Å²) in [6, 6.07) is 7.85. The van der Waals surface area contributed by atoms with Crippen molar-refractivity contribution in [3.63, 3.8) is 0 Å². The number of rotatable bonds is 7. The second-order valence-corrected chi connectivity index (χ2v) is 5.07. The van der Waals surface area contributed by atoms with E-state index in [1.54, 1.807) is 6.20 Å². The molecule has 0 unspecified atom stereocenters. The minimum Gasteiger partial charge on any atom is -0.493 e. The van der Waals surface area contributed by atoms with Gasteiger partial charge in [0, 0.05) is 0 Å². The van der Waals surface area contributed by atoms with Crippen LogP contribution >= 0.6 is 0 Å². The third kappa shape index (κ3) is 3.84. The van der Waals surface area contributed by atoms with E-state index >= 15 is 0 Å². The summed E-state index contributed by atoms with van der Waals surface area (Å²) in [5, 5.41) is 3.32. The van der Waals surface area contributed by atoms with E-state index in [-0.39, 0.29) is 0 Å². The van der Waals surface area contributed by atoms with Crippen molar-refractivity contribution in [1.29, 1.82) is 0 Å². The van der Waals surface area contributed by atoms with E-state index in [0.29, 0.717) is 25.0 Å². The van der Waals surface area contributed by atoms with Crippen LogP contribution in [0.4, 0.5) is 0 Å². The minimum atomic E-state index is 0.614. The van der Waals surface area contributed by atoms with Gasteiger partial charge in [0.2, 0.25) is 5.89 Å². The van der Waals surface area contributed by atoms with Gasteiger partial charge in [0.05, 0.1) is 24.9 Å². The molecule has 4 heteroatoms. The molecule has 1 N–H and O–H groups in total. The van der Waals surface area contributed by atoms with Crippen molar-refractivity contribution in [3.8, 4) is 17.1 Å². The Morgan fingerprint density at radius 2 is 2.10 bits per heavy atom. The first-order valence-electron chi connectivity index (χ1n) is 7.08. The second kappa shape index (κ2) is 7.10. The Morgan fingerprint density at radius 1 is 1.30 bits per heavy atom. The third-order valence-electron chi connectivity index (χ3n) is 2.83. The summed E-state index contributed by atoms with van der Waals surface area (Å²) in [7, 11) is 0. The molecule has 0 spiro atoms. The fourth-order valence-electron chi connectivity index (χ4n) is 1.94. The summed E-state index contributed by atoms with van der Waals surface area (Å²) in [4.78, 5) is 4.31. The highest BCUT2D eigenvalue weighted by molar-refractivity contribution is 5.64. The summed E-state index contributed by atoms with van der Waals surface area (Å²) in [6.07, 6.45) is 1.75. The predicted octanol–water partition coefficient (Wildman–Crippen LogP) is 3.49. The number of ether oxygens (including phenoxy) is 1. The average molecular weight is 274 g/mol. The Labute approximate surface area is 120 Å². The summed E-state index contributed by atoms with van der Waals surface area (Å²) >= 11 is 0. The molecule has 0 bridgehead atoms. The van der Waals surface area contributed by atoms with Crippen LogP contribution in [0.2, 0.25) is 0 Å². The highest BCUT2D eigenvalue weighted by Gasteiger charge is 2.11. The first-order valence-corrected chi connectivity index (χ1v) is 7.08. The molecule has 2 rings (SSSR count). The van der Waals surface area contributed by atoms with Gasteiger partial charge in [-0.05, 0) is 31.5 Å². The molecule has 108 valence electrons. The second-order valence-electron chi connectivity index (χ2n) is 5.07. The average Bonchev–Trinajstić information content (AvgIpc) is 2.88. The molecular formula is C16H22N2O2. The lowest BCUT2D eigenvalue weighted by Gasteiger charge is -2.07. The molecule has 0 atom stereocenters. The van der Waals surface area contributed by atoms with Crippen LogP contribution in [0.3, 0.4) is 0 Å². The van der Waals surface area contributed by atoms with Crippen molar-refractivity contribution in [2.75, 3.05) is 13.2 Å². The predicted molar refractivity (Wildman–Crippen MR) is 79.7 cm³/mol. The zero-order valence-electron chi connectivity index (χ0n) is 12.3. The van der Waals surface area contributed by atoms with Gasteiger partial charge in [0.25, 0.3) is 0 Å². The van der Waals surface area contributed by atoms with Gasteiger partial charge >= 0.3 is 0 Å². The molecule has 0 aliphatic heterocycles. The van der Waals surface area contributed by atoms with E-state index in [2.05, 4.69) is 24.1 Å². The Balaban J connectivity index is 2.08. The third-order valence-corrected chi connectivity index (χ3v) is 2.83. The molecule has 0 saturated carbocycles. The SMILES string of the molecule is CCOc1ccccc1-c1cnc(CNCC(C)C)o1. The van der Waals surface area contributed by atoms with Gasteiger partial charge in [0.1, 0.15) is 5.75 Å². The molecule has 0 radical (unpaired) electrons. The topological polar surface area (TPSA) is 47.3 Å². The number of oxazole rings is 1. The molecule has 0 aliphatic carbocycles. The van der Waals surface area contributed by atoms with Crippen molar-refractivity contribution < 1.29 is 9.15 Å². The monoisotopic (exact) mass is 274 g/mol. The van der Waals surface area contributed by atoms with Crippen LogP contribution in [0, 0.1) is 5.92 Å². The van der Waals surface area contributed by atoms with Gasteiger partial charge in [-0.3, -0.25) is 0 Å². The number of nitrogens with zero attached hydrogens (tertiary/aromatic N) is 1. The molecule has 1 aromatic carbocycles. The number of nitrogens with one attached hydrogen (secondary N) is 1. The first kappa shape index (κ1) is 14.6. The number of aromatic nitrogens is 1. The fraction of sp³-hybridized carbons (Fsp3) is 0.438. The van der Waals surface area contributed by atoms with Gasteiger partial charge in [0.15, 0.2) is 5.76 Å². The highest BCUT2D eigenvalue weighted by atomic mass is 16.5. The van der Waals surface area contributed by atoms with Crippen molar-refractivity contribution in [1.82, 2.24) is 10.3 Å². The molecular weight excluding hydrogens is 252 g/mol. The van der Waals surface area contributed by atoms with Crippen LogP contribution in [-0.4, -0.2) is 18.1 Å². The van der Waals surface area contributed by atoms with Crippen molar-refractivity contribution in [2.45, 2.75) is 27.3 Å². The number of hydrogen-bond donors (Lipinski definition) is 1. The van der Waals surface area contributed by atoms with Crippen LogP contribution < -0.4 is 10.1 Å². The minimum absolute atomic E-state index is 0.614. The maximum Gasteiger partial charge on any atom is 0.208 e. The van der Waals surface area contributed by atoms with Gasteiger partial charge in [-0.25, -0.2) is 4.98 Å². The molecule has 0 aliphatic rings. The van der Waals surface area contributed by atoms with E-state index in [1.165, 1.54) is 0 Å². The van der Waals surface area contributed by atoms with Gasteiger partial charge in [-0.2, -0.15) is 0 Å². The van der Waals surface area contributed by atoms with Gasteiger partial charge in [-0.15, -0.1) is 0 Å². The molecule has 2 aromatic rings. The molecule has 0 saturated heterocycles. The Morgan fingerprint density at radius 3 is 2.85 bits per heavy atom. The largest absolute Gasteiger partial charge is 0.493 e. The highest BCUT2D eigenvalue weighted by Crippen LogP contribution is 2.30. The Hall–Kier alpha value is -1.81. The zero-order valence-corrected chi connectivity index (χ0v) is 12.3. The van der Waals surface area contributed by atoms with Crippen molar-refractivity contribution in [3.05, 3.63) is 36.4 Å². The lowest BCUT2D eigenvalue weighted by Crippen LogP contribution is -2.18. The van der Waals surface area contributed by atoms with Crippen LogP contribution in [0.5, 0.6) is 5.75 Å². The smallest absolute Gasteiger partial charge is 0.208 e. The molecule has 4 nitrogen and oxygen atoms in total. The summed E-state index contributed by atoms with van der Waals surface area (Å²) in [5.41, 5.74) is 0.942. The van der Waals surface area contributed by atoms with E-state index in [9.17, 15) is 0 Å².